The first-order valence-corrected chi connectivity index (χ1v) is 15.2. The summed E-state index contributed by atoms with van der Waals surface area (Å²) in [5.41, 5.74) is 1.82. The van der Waals surface area contributed by atoms with E-state index in [1.807, 2.05) is 6.92 Å². The second-order valence-corrected chi connectivity index (χ2v) is 15.2. The molecule has 11 unspecified atom stereocenters. The minimum atomic E-state index is -0.807. The van der Waals surface area contributed by atoms with E-state index >= 15 is 0 Å². The number of methoxy groups -OCH3 is 1. The molecule has 0 heterocycles. The van der Waals surface area contributed by atoms with Gasteiger partial charge in [0.1, 0.15) is 11.5 Å². The predicted molar refractivity (Wildman–Crippen MR) is 147 cm³/mol. The van der Waals surface area contributed by atoms with Crippen LogP contribution in [0, 0.1) is 56.7 Å². The molecule has 0 N–H and O–H groups in total. The molecule has 0 aromatic carbocycles. The van der Waals surface area contributed by atoms with Gasteiger partial charge in [-0.3, -0.25) is 9.59 Å². The fourth-order valence-electron chi connectivity index (χ4n) is 11.4. The Hall–Kier alpha value is -1.32. The molecule has 37 heavy (non-hydrogen) atoms. The van der Waals surface area contributed by atoms with Gasteiger partial charge in [0, 0.05) is 6.92 Å². The highest BCUT2D eigenvalue weighted by atomic mass is 16.6. The third kappa shape index (κ3) is 3.45. The van der Waals surface area contributed by atoms with Crippen LogP contribution in [0.3, 0.4) is 0 Å². The first-order chi connectivity index (χ1) is 17.2. The highest BCUT2D eigenvalue weighted by Crippen LogP contribution is 2.75. The fourth-order valence-corrected chi connectivity index (χ4v) is 11.4. The van der Waals surface area contributed by atoms with Crippen molar-refractivity contribution < 1.29 is 19.1 Å². The molecule has 5 aliphatic carbocycles. The monoisotopic (exact) mass is 512 g/mol. The van der Waals surface area contributed by atoms with Gasteiger partial charge in [-0.1, -0.05) is 53.2 Å². The minimum Gasteiger partial charge on any atom is -0.468 e. The molecular formula is C33H52O4. The zero-order chi connectivity index (χ0) is 27.2. The number of carbonyl (C=O) groups excluding carboxylic acids is 2. The maximum Gasteiger partial charge on any atom is 0.315 e. The summed E-state index contributed by atoms with van der Waals surface area (Å²) in [5.74, 6) is 2.35. The topological polar surface area (TPSA) is 52.6 Å². The number of fused-ring (bicyclic) bond motifs is 7. The molecule has 4 heteroatoms. The zero-order valence-electron chi connectivity index (χ0n) is 25.0. The minimum absolute atomic E-state index is 0.00382. The molecule has 0 radical (unpaired) electrons. The zero-order valence-corrected chi connectivity index (χ0v) is 25.0. The van der Waals surface area contributed by atoms with Gasteiger partial charge < -0.3 is 9.47 Å². The van der Waals surface area contributed by atoms with E-state index in [9.17, 15) is 9.59 Å². The van der Waals surface area contributed by atoms with Crippen LogP contribution < -0.4 is 0 Å². The number of carbonyl (C=O) groups is 2. The fraction of sp³-hybridized carbons (Fsp3) is 0.879. The number of hydrogen-bond acceptors (Lipinski definition) is 4. The Labute approximate surface area is 225 Å². The standard InChI is InChI=1S/C33H52O4/c1-20-12-15-29(4)18-19-31(6)23(27(29)21(20)2)10-11-24-30(5)16-14-26(37-22(3)34)33(8,28(35)36-9)25(30)13-17-32(24,31)7/h10,20-21,24-27H,11-19H2,1-9H3. The first-order valence-electron chi connectivity index (χ1n) is 15.2. The summed E-state index contributed by atoms with van der Waals surface area (Å²) in [4.78, 5) is 25.5. The largest absolute Gasteiger partial charge is 0.468 e. The molecule has 5 rings (SSSR count). The SMILES string of the molecule is COC(=O)C1(C)C(OC(C)=O)CCC2(C)C1CCC1(C)C2CC=C2C3C(C)C(C)CCC3(C)CCC21C. The van der Waals surface area contributed by atoms with Crippen LogP contribution >= 0.6 is 0 Å². The number of esters is 2. The molecule has 0 saturated heterocycles. The van der Waals surface area contributed by atoms with Gasteiger partial charge in [0.15, 0.2) is 0 Å². The van der Waals surface area contributed by atoms with Crippen LogP contribution in [0.1, 0.15) is 113 Å². The Kier molecular flexibility index (Phi) is 6.33. The van der Waals surface area contributed by atoms with Gasteiger partial charge >= 0.3 is 11.9 Å². The van der Waals surface area contributed by atoms with Crippen LogP contribution in [0.5, 0.6) is 0 Å². The van der Waals surface area contributed by atoms with Crippen LogP contribution in [0.25, 0.3) is 0 Å². The van der Waals surface area contributed by atoms with Crippen molar-refractivity contribution in [2.75, 3.05) is 7.11 Å². The third-order valence-corrected chi connectivity index (χ3v) is 13.9. The number of ether oxygens (including phenoxy) is 2. The van der Waals surface area contributed by atoms with E-state index < -0.39 is 11.5 Å². The van der Waals surface area contributed by atoms with E-state index in [0.717, 1.165) is 43.9 Å². The normalized spacial score (nSPS) is 52.9. The van der Waals surface area contributed by atoms with Crippen molar-refractivity contribution in [3.05, 3.63) is 11.6 Å². The maximum atomic E-state index is 13.4. The quantitative estimate of drug-likeness (QED) is 0.280. The lowest BCUT2D eigenvalue weighted by Crippen LogP contribution is -2.66. The summed E-state index contributed by atoms with van der Waals surface area (Å²) in [6.45, 7) is 18.8. The lowest BCUT2D eigenvalue weighted by molar-refractivity contribution is -0.224. The molecule has 0 aromatic rings. The van der Waals surface area contributed by atoms with Crippen molar-refractivity contribution in [2.45, 2.75) is 119 Å². The Bertz CT molecular complexity index is 1000. The van der Waals surface area contributed by atoms with Crippen molar-refractivity contribution in [1.82, 2.24) is 0 Å². The third-order valence-electron chi connectivity index (χ3n) is 13.9. The van der Waals surface area contributed by atoms with E-state index in [1.165, 1.54) is 39.7 Å². The second-order valence-electron chi connectivity index (χ2n) is 15.2. The van der Waals surface area contributed by atoms with Crippen LogP contribution in [-0.4, -0.2) is 25.2 Å². The summed E-state index contributed by atoms with van der Waals surface area (Å²) in [6, 6.07) is 0. The van der Waals surface area contributed by atoms with Crippen molar-refractivity contribution in [1.29, 1.82) is 0 Å². The van der Waals surface area contributed by atoms with Crippen molar-refractivity contribution in [2.24, 2.45) is 56.7 Å². The molecule has 208 valence electrons. The number of allylic oxidation sites excluding steroid dienone is 2. The number of rotatable bonds is 2. The summed E-state index contributed by atoms with van der Waals surface area (Å²) in [5, 5.41) is 0. The van der Waals surface area contributed by atoms with E-state index in [1.54, 1.807) is 5.57 Å². The first kappa shape index (κ1) is 27.3. The molecular weight excluding hydrogens is 460 g/mol. The summed E-state index contributed by atoms with van der Waals surface area (Å²) in [6.07, 6.45) is 12.6. The van der Waals surface area contributed by atoms with Gasteiger partial charge in [-0.2, -0.15) is 0 Å². The van der Waals surface area contributed by atoms with E-state index in [4.69, 9.17) is 9.47 Å². The van der Waals surface area contributed by atoms with Crippen molar-refractivity contribution in [3.63, 3.8) is 0 Å². The second kappa shape index (κ2) is 8.59. The average molecular weight is 513 g/mol. The molecule has 11 atom stereocenters. The Morgan fingerprint density at radius 3 is 2.24 bits per heavy atom. The maximum absolute atomic E-state index is 13.4. The van der Waals surface area contributed by atoms with Crippen LogP contribution in [0.2, 0.25) is 0 Å². The van der Waals surface area contributed by atoms with Crippen molar-refractivity contribution in [3.8, 4) is 0 Å². The Morgan fingerprint density at radius 2 is 1.59 bits per heavy atom. The van der Waals surface area contributed by atoms with E-state index in [0.29, 0.717) is 17.3 Å². The van der Waals surface area contributed by atoms with Gasteiger partial charge in [0.25, 0.3) is 0 Å². The lowest BCUT2D eigenvalue weighted by Gasteiger charge is -2.71. The van der Waals surface area contributed by atoms with Gasteiger partial charge in [-0.15, -0.1) is 0 Å². The van der Waals surface area contributed by atoms with Gasteiger partial charge in [-0.25, -0.2) is 0 Å². The smallest absolute Gasteiger partial charge is 0.315 e. The van der Waals surface area contributed by atoms with E-state index in [-0.39, 0.29) is 34.1 Å². The van der Waals surface area contributed by atoms with Gasteiger partial charge in [-0.05, 0) is 116 Å². The Morgan fingerprint density at radius 1 is 0.892 bits per heavy atom. The van der Waals surface area contributed by atoms with Gasteiger partial charge in [0.2, 0.25) is 0 Å². The molecule has 0 aromatic heterocycles. The van der Waals surface area contributed by atoms with Gasteiger partial charge in [0.05, 0.1) is 7.11 Å². The lowest BCUT2D eigenvalue weighted by atomic mass is 9.33. The highest BCUT2D eigenvalue weighted by Gasteiger charge is 2.70. The molecule has 0 bridgehead atoms. The molecule has 4 nitrogen and oxygen atoms in total. The Balaban J connectivity index is 1.57. The molecule has 4 saturated carbocycles. The summed E-state index contributed by atoms with van der Waals surface area (Å²) < 4.78 is 11.2. The number of hydrogen-bond donors (Lipinski definition) is 0. The highest BCUT2D eigenvalue weighted by molar-refractivity contribution is 5.79. The predicted octanol–water partition coefficient (Wildman–Crippen LogP) is 7.75. The summed E-state index contributed by atoms with van der Waals surface area (Å²) >= 11 is 0. The molecule has 4 fully saturated rings. The van der Waals surface area contributed by atoms with Crippen LogP contribution in [0.4, 0.5) is 0 Å². The molecule has 5 aliphatic rings. The van der Waals surface area contributed by atoms with E-state index in [2.05, 4.69) is 47.6 Å². The summed E-state index contributed by atoms with van der Waals surface area (Å²) in [7, 11) is 1.49. The molecule has 0 aliphatic heterocycles. The van der Waals surface area contributed by atoms with Crippen molar-refractivity contribution >= 4 is 11.9 Å². The average Bonchev–Trinajstić information content (AvgIpc) is 2.83. The van der Waals surface area contributed by atoms with Crippen LogP contribution in [0.15, 0.2) is 11.6 Å². The molecule has 0 spiro atoms. The molecule has 0 amide bonds. The van der Waals surface area contributed by atoms with Crippen LogP contribution in [-0.2, 0) is 19.1 Å².